The maximum Gasteiger partial charge on any atom is 0.191 e. The smallest absolute Gasteiger partial charge is 0.191 e. The number of aliphatic imine (C=N–C) groups is 1. The molecule has 0 spiro atoms. The molecular weight excluding hydrogens is 455 g/mol. The van der Waals surface area contributed by atoms with Gasteiger partial charge in [-0.15, -0.1) is 24.0 Å². The highest BCUT2D eigenvalue weighted by molar-refractivity contribution is 14.0. The van der Waals surface area contributed by atoms with E-state index in [1.807, 2.05) is 7.05 Å². The Labute approximate surface area is 179 Å². The molecule has 0 amide bonds. The molecule has 0 aliphatic carbocycles. The molecule has 1 aromatic rings. The molecule has 0 saturated carbocycles. The highest BCUT2D eigenvalue weighted by atomic mass is 127. The number of benzene rings is 1. The minimum atomic E-state index is 0. The third kappa shape index (κ3) is 6.22. The van der Waals surface area contributed by atoms with Crippen molar-refractivity contribution in [3.05, 3.63) is 30.3 Å². The summed E-state index contributed by atoms with van der Waals surface area (Å²) in [4.78, 5) is 6.81. The molecule has 2 heterocycles. The van der Waals surface area contributed by atoms with Crippen LogP contribution < -0.4 is 15.5 Å². The predicted molar refractivity (Wildman–Crippen MR) is 121 cm³/mol. The predicted octanol–water partition coefficient (Wildman–Crippen LogP) is 2.08. The number of ether oxygens (including phenoxy) is 1. The van der Waals surface area contributed by atoms with Gasteiger partial charge < -0.3 is 25.4 Å². The van der Waals surface area contributed by atoms with E-state index >= 15 is 0 Å². The maximum absolute atomic E-state index is 9.35. The van der Waals surface area contributed by atoms with Gasteiger partial charge in [0.15, 0.2) is 5.96 Å². The summed E-state index contributed by atoms with van der Waals surface area (Å²) in [6.45, 7) is 5.60. The van der Waals surface area contributed by atoms with Crippen molar-refractivity contribution in [3.63, 3.8) is 0 Å². The van der Waals surface area contributed by atoms with Gasteiger partial charge in [0.05, 0.1) is 6.61 Å². The van der Waals surface area contributed by atoms with E-state index in [9.17, 15) is 5.11 Å². The maximum atomic E-state index is 9.35. The molecule has 152 valence electrons. The number of hydrogen-bond donors (Lipinski definition) is 3. The molecule has 2 aliphatic heterocycles. The molecule has 0 aromatic heterocycles. The van der Waals surface area contributed by atoms with Gasteiger partial charge in [-0.3, -0.25) is 4.99 Å². The normalized spacial score (nSPS) is 25.3. The Morgan fingerprint density at radius 1 is 1.33 bits per heavy atom. The first-order valence-electron chi connectivity index (χ1n) is 9.68. The lowest BCUT2D eigenvalue weighted by atomic mass is 9.84. The van der Waals surface area contributed by atoms with Gasteiger partial charge in [0.1, 0.15) is 0 Å². The molecule has 2 fully saturated rings. The van der Waals surface area contributed by atoms with Gasteiger partial charge in [-0.25, -0.2) is 0 Å². The average molecular weight is 488 g/mol. The Morgan fingerprint density at radius 2 is 2.15 bits per heavy atom. The first-order chi connectivity index (χ1) is 12.7. The summed E-state index contributed by atoms with van der Waals surface area (Å²) in [5.41, 5.74) is 1.34. The summed E-state index contributed by atoms with van der Waals surface area (Å²) in [5, 5.41) is 16.3. The number of anilines is 1. The number of halogens is 1. The number of rotatable bonds is 7. The van der Waals surface area contributed by atoms with Gasteiger partial charge in [-0.2, -0.15) is 0 Å². The monoisotopic (exact) mass is 488 g/mol. The third-order valence-electron chi connectivity index (χ3n) is 5.65. The quantitative estimate of drug-likeness (QED) is 0.312. The third-order valence-corrected chi connectivity index (χ3v) is 5.65. The number of aliphatic hydroxyl groups excluding tert-OH is 1. The minimum absolute atomic E-state index is 0. The summed E-state index contributed by atoms with van der Waals surface area (Å²) in [6.07, 6.45) is 2.96. The molecule has 6 nitrogen and oxygen atoms in total. The number of nitrogens with zero attached hydrogens (tertiary/aromatic N) is 2. The van der Waals surface area contributed by atoms with Crippen molar-refractivity contribution in [2.75, 3.05) is 57.9 Å². The average Bonchev–Trinajstić information content (AvgIpc) is 3.33. The zero-order valence-electron chi connectivity index (χ0n) is 16.2. The van der Waals surface area contributed by atoms with E-state index < -0.39 is 0 Å². The Bertz CT molecular complexity index is 579. The fraction of sp³-hybridized carbons (Fsp3) is 0.650. The van der Waals surface area contributed by atoms with Gasteiger partial charge >= 0.3 is 0 Å². The zero-order valence-corrected chi connectivity index (χ0v) is 18.5. The van der Waals surface area contributed by atoms with E-state index in [4.69, 9.17) is 4.74 Å². The van der Waals surface area contributed by atoms with E-state index in [2.05, 4.69) is 50.9 Å². The molecule has 1 aromatic carbocycles. The Hall–Kier alpha value is -1.06. The molecule has 0 bridgehead atoms. The van der Waals surface area contributed by atoms with E-state index in [1.54, 1.807) is 0 Å². The molecule has 2 saturated heterocycles. The van der Waals surface area contributed by atoms with Crippen molar-refractivity contribution in [1.29, 1.82) is 0 Å². The largest absolute Gasteiger partial charge is 0.396 e. The molecular formula is C20H33IN4O2. The van der Waals surface area contributed by atoms with Crippen LogP contribution in [0.1, 0.15) is 19.3 Å². The number of para-hydroxylation sites is 1. The molecule has 7 heteroatoms. The summed E-state index contributed by atoms with van der Waals surface area (Å²) in [5.74, 6) is 1.46. The number of hydrogen-bond acceptors (Lipinski definition) is 4. The van der Waals surface area contributed by atoms with E-state index in [1.165, 1.54) is 12.1 Å². The van der Waals surface area contributed by atoms with Crippen LogP contribution in [0.3, 0.4) is 0 Å². The lowest BCUT2D eigenvalue weighted by molar-refractivity contribution is 0.127. The van der Waals surface area contributed by atoms with Crippen molar-refractivity contribution < 1.29 is 9.84 Å². The first kappa shape index (κ1) is 22.2. The molecule has 27 heavy (non-hydrogen) atoms. The Morgan fingerprint density at radius 3 is 2.81 bits per heavy atom. The van der Waals surface area contributed by atoms with Crippen molar-refractivity contribution in [1.82, 2.24) is 10.6 Å². The van der Waals surface area contributed by atoms with Crippen LogP contribution in [0.15, 0.2) is 35.3 Å². The second-order valence-corrected chi connectivity index (χ2v) is 7.52. The van der Waals surface area contributed by atoms with Gasteiger partial charge in [-0.1, -0.05) is 18.2 Å². The van der Waals surface area contributed by atoms with Gasteiger partial charge in [0, 0.05) is 57.5 Å². The number of nitrogens with one attached hydrogen (secondary N) is 2. The van der Waals surface area contributed by atoms with E-state index in [0.717, 1.165) is 51.6 Å². The summed E-state index contributed by atoms with van der Waals surface area (Å²) in [6, 6.07) is 10.6. The second kappa shape index (κ2) is 11.1. The number of guanidine groups is 1. The minimum Gasteiger partial charge on any atom is -0.396 e. The standard InChI is InChI=1S/C20H32N4O2.HI/c1-21-19(23-15-20(8-11-25)9-12-26-16-20)22-13-17-7-10-24(14-17)18-5-3-2-4-6-18;/h2-6,17,25H,7-16H2,1H3,(H2,21,22,23);1H. The van der Waals surface area contributed by atoms with Crippen LogP contribution in [0.5, 0.6) is 0 Å². The van der Waals surface area contributed by atoms with Gasteiger partial charge in [-0.05, 0) is 37.3 Å². The Kier molecular flexibility index (Phi) is 9.11. The molecule has 2 unspecified atom stereocenters. The van der Waals surface area contributed by atoms with Crippen LogP contribution in [0.4, 0.5) is 5.69 Å². The van der Waals surface area contributed by atoms with Crippen LogP contribution in [-0.4, -0.2) is 64.1 Å². The van der Waals surface area contributed by atoms with Crippen molar-refractivity contribution in [2.45, 2.75) is 19.3 Å². The number of aliphatic hydroxyl groups is 1. The van der Waals surface area contributed by atoms with E-state index in [-0.39, 0.29) is 36.0 Å². The summed E-state index contributed by atoms with van der Waals surface area (Å²) < 4.78 is 5.56. The molecule has 2 atom stereocenters. The zero-order chi connectivity index (χ0) is 18.2. The second-order valence-electron chi connectivity index (χ2n) is 7.52. The topological polar surface area (TPSA) is 69.1 Å². The van der Waals surface area contributed by atoms with Crippen LogP contribution in [-0.2, 0) is 4.74 Å². The highest BCUT2D eigenvalue weighted by Gasteiger charge is 2.34. The van der Waals surface area contributed by atoms with Crippen molar-refractivity contribution in [3.8, 4) is 0 Å². The summed E-state index contributed by atoms with van der Waals surface area (Å²) >= 11 is 0. The lowest BCUT2D eigenvalue weighted by Gasteiger charge is -2.28. The van der Waals surface area contributed by atoms with Crippen LogP contribution in [0.25, 0.3) is 0 Å². The Balaban J connectivity index is 0.00000261. The fourth-order valence-corrected chi connectivity index (χ4v) is 3.92. The van der Waals surface area contributed by atoms with Crippen molar-refractivity contribution in [2.24, 2.45) is 16.3 Å². The van der Waals surface area contributed by atoms with Crippen LogP contribution >= 0.6 is 24.0 Å². The molecule has 2 aliphatic rings. The first-order valence-corrected chi connectivity index (χ1v) is 9.68. The lowest BCUT2D eigenvalue weighted by Crippen LogP contribution is -2.45. The fourth-order valence-electron chi connectivity index (χ4n) is 3.92. The van der Waals surface area contributed by atoms with Crippen LogP contribution in [0, 0.1) is 11.3 Å². The molecule has 3 rings (SSSR count). The van der Waals surface area contributed by atoms with Gasteiger partial charge in [0.25, 0.3) is 0 Å². The summed E-state index contributed by atoms with van der Waals surface area (Å²) in [7, 11) is 1.81. The van der Waals surface area contributed by atoms with Crippen molar-refractivity contribution >= 4 is 35.6 Å². The van der Waals surface area contributed by atoms with Crippen LogP contribution in [0.2, 0.25) is 0 Å². The highest BCUT2D eigenvalue weighted by Crippen LogP contribution is 2.31. The SMILES string of the molecule is CN=C(NCC1CCN(c2ccccc2)C1)NCC1(CCO)CCOC1.I. The molecule has 0 radical (unpaired) electrons. The van der Waals surface area contributed by atoms with Gasteiger partial charge in [0.2, 0.25) is 0 Å². The molecule has 3 N–H and O–H groups in total. The van der Waals surface area contributed by atoms with E-state index in [0.29, 0.717) is 12.5 Å².